The first kappa shape index (κ1) is 16.5. The third kappa shape index (κ3) is 4.33. The van der Waals surface area contributed by atoms with Crippen LogP contribution in [0, 0.1) is 0 Å². The first-order chi connectivity index (χ1) is 11.3. The maximum atomic E-state index is 4.97. The molecule has 0 N–H and O–H groups in total. The molecule has 4 heteroatoms. The summed E-state index contributed by atoms with van der Waals surface area (Å²) in [4.78, 5) is 9.81. The van der Waals surface area contributed by atoms with Gasteiger partial charge in [-0.3, -0.25) is 0 Å². The van der Waals surface area contributed by atoms with Gasteiger partial charge in [-0.15, -0.1) is 0 Å². The summed E-state index contributed by atoms with van der Waals surface area (Å²) in [6.45, 7) is 6.64. The highest BCUT2D eigenvalue weighted by molar-refractivity contribution is 7.08. The molecule has 1 aliphatic rings. The Labute approximate surface area is 144 Å². The summed E-state index contributed by atoms with van der Waals surface area (Å²) >= 11 is 1.76. The van der Waals surface area contributed by atoms with Crippen LogP contribution < -0.4 is 4.90 Å². The zero-order valence-electron chi connectivity index (χ0n) is 14.3. The maximum Gasteiger partial charge on any atom is 0.129 e. The molecule has 3 rings (SSSR count). The standard InChI is InChI=1S/C19H27N3S/c1-3-4-5-6-18-13-17(16-7-12-23-15-16)14-19(20-18)22-10-8-21(2)9-11-22/h7,12-15H,3-6,8-11H2,1-2H3. The smallest absolute Gasteiger partial charge is 0.129 e. The van der Waals surface area contributed by atoms with Crippen molar-refractivity contribution in [2.75, 3.05) is 38.1 Å². The van der Waals surface area contributed by atoms with Crippen LogP contribution in [0.25, 0.3) is 11.1 Å². The molecule has 124 valence electrons. The van der Waals surface area contributed by atoms with E-state index in [4.69, 9.17) is 4.98 Å². The molecule has 0 spiro atoms. The predicted molar refractivity (Wildman–Crippen MR) is 100 cm³/mol. The molecule has 1 saturated heterocycles. The minimum atomic E-state index is 1.07. The van der Waals surface area contributed by atoms with Crippen molar-refractivity contribution >= 4 is 17.2 Å². The van der Waals surface area contributed by atoms with Crippen molar-refractivity contribution < 1.29 is 0 Å². The van der Waals surface area contributed by atoms with Gasteiger partial charge in [0, 0.05) is 31.9 Å². The van der Waals surface area contributed by atoms with Gasteiger partial charge in [0.05, 0.1) is 0 Å². The molecule has 0 amide bonds. The van der Waals surface area contributed by atoms with Gasteiger partial charge in [0.25, 0.3) is 0 Å². The van der Waals surface area contributed by atoms with E-state index in [1.165, 1.54) is 36.1 Å². The van der Waals surface area contributed by atoms with Crippen LogP contribution in [0.4, 0.5) is 5.82 Å². The SMILES string of the molecule is CCCCCc1cc(-c2ccsc2)cc(N2CCN(C)CC2)n1. The fraction of sp³-hybridized carbons (Fsp3) is 0.526. The molecular formula is C19H27N3S. The molecule has 0 unspecified atom stereocenters. The summed E-state index contributed by atoms with van der Waals surface area (Å²) in [5.41, 5.74) is 3.89. The van der Waals surface area contributed by atoms with E-state index >= 15 is 0 Å². The molecule has 2 aromatic heterocycles. The van der Waals surface area contributed by atoms with E-state index in [1.807, 2.05) is 0 Å². The molecule has 23 heavy (non-hydrogen) atoms. The quantitative estimate of drug-likeness (QED) is 0.737. The Morgan fingerprint density at radius 3 is 2.61 bits per heavy atom. The minimum absolute atomic E-state index is 1.07. The van der Waals surface area contributed by atoms with Gasteiger partial charge in [-0.25, -0.2) is 4.98 Å². The molecule has 0 saturated carbocycles. The van der Waals surface area contributed by atoms with Gasteiger partial charge in [-0.2, -0.15) is 11.3 Å². The molecular weight excluding hydrogens is 302 g/mol. The normalized spacial score (nSPS) is 16.0. The average Bonchev–Trinajstić information content (AvgIpc) is 3.10. The fourth-order valence-electron chi connectivity index (χ4n) is 3.05. The van der Waals surface area contributed by atoms with Crippen LogP contribution in [-0.4, -0.2) is 43.1 Å². The van der Waals surface area contributed by atoms with Gasteiger partial charge in [0.2, 0.25) is 0 Å². The zero-order chi connectivity index (χ0) is 16.1. The third-order valence-electron chi connectivity index (χ3n) is 4.58. The molecule has 0 atom stereocenters. The summed E-state index contributed by atoms with van der Waals surface area (Å²) in [6, 6.07) is 6.78. The second-order valence-corrected chi connectivity index (χ2v) is 7.24. The maximum absolute atomic E-state index is 4.97. The lowest BCUT2D eigenvalue weighted by molar-refractivity contribution is 0.312. The molecule has 2 aromatic rings. The average molecular weight is 330 g/mol. The number of rotatable bonds is 6. The van der Waals surface area contributed by atoms with Crippen LogP contribution >= 0.6 is 11.3 Å². The fourth-order valence-corrected chi connectivity index (χ4v) is 3.71. The second kappa shape index (κ2) is 7.93. The Bertz CT molecular complexity index is 601. The molecule has 0 aromatic carbocycles. The number of thiophene rings is 1. The van der Waals surface area contributed by atoms with Gasteiger partial charge in [0.15, 0.2) is 0 Å². The summed E-state index contributed by atoms with van der Waals surface area (Å²) < 4.78 is 0. The van der Waals surface area contributed by atoms with E-state index in [2.05, 4.69) is 52.7 Å². The number of hydrogen-bond donors (Lipinski definition) is 0. The monoisotopic (exact) mass is 329 g/mol. The van der Waals surface area contributed by atoms with Crippen molar-refractivity contribution in [2.24, 2.45) is 0 Å². The molecule has 3 heterocycles. The summed E-state index contributed by atoms with van der Waals surface area (Å²) in [6.07, 6.45) is 4.87. The molecule has 0 radical (unpaired) electrons. The lowest BCUT2D eigenvalue weighted by Crippen LogP contribution is -2.44. The first-order valence-corrected chi connectivity index (χ1v) is 9.67. The van der Waals surface area contributed by atoms with Crippen LogP contribution in [0.2, 0.25) is 0 Å². The van der Waals surface area contributed by atoms with E-state index in [-0.39, 0.29) is 0 Å². The van der Waals surface area contributed by atoms with Gasteiger partial charge >= 0.3 is 0 Å². The van der Waals surface area contributed by atoms with Crippen molar-refractivity contribution in [1.82, 2.24) is 9.88 Å². The number of pyridine rings is 1. The number of hydrogen-bond acceptors (Lipinski definition) is 4. The van der Waals surface area contributed by atoms with Crippen LogP contribution in [-0.2, 0) is 6.42 Å². The van der Waals surface area contributed by atoms with Crippen LogP contribution in [0.1, 0.15) is 31.9 Å². The molecule has 3 nitrogen and oxygen atoms in total. The van der Waals surface area contributed by atoms with Crippen molar-refractivity contribution in [3.63, 3.8) is 0 Å². The minimum Gasteiger partial charge on any atom is -0.354 e. The van der Waals surface area contributed by atoms with Gasteiger partial charge in [-0.1, -0.05) is 19.8 Å². The molecule has 0 aliphatic carbocycles. The van der Waals surface area contributed by atoms with Crippen molar-refractivity contribution in [2.45, 2.75) is 32.6 Å². The van der Waals surface area contributed by atoms with Crippen LogP contribution in [0.3, 0.4) is 0 Å². The predicted octanol–water partition coefficient (Wildman–Crippen LogP) is 4.29. The molecule has 1 fully saturated rings. The lowest BCUT2D eigenvalue weighted by atomic mass is 10.1. The number of aromatic nitrogens is 1. The third-order valence-corrected chi connectivity index (χ3v) is 5.27. The zero-order valence-corrected chi connectivity index (χ0v) is 15.1. The summed E-state index contributed by atoms with van der Waals surface area (Å²) in [7, 11) is 2.20. The Kier molecular flexibility index (Phi) is 5.68. The van der Waals surface area contributed by atoms with Crippen LogP contribution in [0.15, 0.2) is 29.0 Å². The Balaban J connectivity index is 1.85. The number of piperazine rings is 1. The number of unbranched alkanes of at least 4 members (excludes halogenated alkanes) is 2. The second-order valence-electron chi connectivity index (χ2n) is 6.46. The highest BCUT2D eigenvalue weighted by Crippen LogP contribution is 2.27. The highest BCUT2D eigenvalue weighted by Gasteiger charge is 2.17. The largest absolute Gasteiger partial charge is 0.354 e. The van der Waals surface area contributed by atoms with Crippen molar-refractivity contribution in [1.29, 1.82) is 0 Å². The Morgan fingerprint density at radius 1 is 1.09 bits per heavy atom. The topological polar surface area (TPSA) is 19.4 Å². The van der Waals surface area contributed by atoms with Gasteiger partial charge in [0.1, 0.15) is 5.82 Å². The lowest BCUT2D eigenvalue weighted by Gasteiger charge is -2.33. The molecule has 0 bridgehead atoms. The van der Waals surface area contributed by atoms with Gasteiger partial charge < -0.3 is 9.80 Å². The number of likely N-dealkylation sites (N-methyl/N-ethyl adjacent to an activating group) is 1. The Hall–Kier alpha value is -1.39. The van der Waals surface area contributed by atoms with E-state index in [0.29, 0.717) is 0 Å². The van der Waals surface area contributed by atoms with Crippen molar-refractivity contribution in [3.05, 3.63) is 34.7 Å². The van der Waals surface area contributed by atoms with Crippen LogP contribution in [0.5, 0.6) is 0 Å². The number of anilines is 1. The summed E-state index contributed by atoms with van der Waals surface area (Å²) in [5.74, 6) is 1.16. The van der Waals surface area contributed by atoms with E-state index < -0.39 is 0 Å². The van der Waals surface area contributed by atoms with Gasteiger partial charge in [-0.05, 0) is 60.0 Å². The Morgan fingerprint density at radius 2 is 1.91 bits per heavy atom. The first-order valence-electron chi connectivity index (χ1n) is 8.73. The molecule has 1 aliphatic heterocycles. The number of aryl methyl sites for hydroxylation is 1. The van der Waals surface area contributed by atoms with E-state index in [1.54, 1.807) is 11.3 Å². The van der Waals surface area contributed by atoms with E-state index in [0.717, 1.165) is 38.4 Å². The van der Waals surface area contributed by atoms with Crippen molar-refractivity contribution in [3.8, 4) is 11.1 Å². The van der Waals surface area contributed by atoms with E-state index in [9.17, 15) is 0 Å². The highest BCUT2D eigenvalue weighted by atomic mass is 32.1. The number of nitrogens with zero attached hydrogens (tertiary/aromatic N) is 3. The summed E-state index contributed by atoms with van der Waals surface area (Å²) in [5, 5.41) is 4.39.